The van der Waals surface area contributed by atoms with Crippen molar-refractivity contribution in [2.24, 2.45) is 0 Å². The highest BCUT2D eigenvalue weighted by molar-refractivity contribution is 7.89. The lowest BCUT2D eigenvalue weighted by atomic mass is 10.1. The van der Waals surface area contributed by atoms with Crippen LogP contribution >= 0.6 is 0 Å². The van der Waals surface area contributed by atoms with Crippen LogP contribution in [0.15, 0.2) is 47.4 Å². The van der Waals surface area contributed by atoms with Crippen LogP contribution in [0, 0.1) is 0 Å². The molecule has 0 aromatic heterocycles. The third-order valence-corrected chi connectivity index (χ3v) is 8.41. The van der Waals surface area contributed by atoms with E-state index in [4.69, 9.17) is 0 Å². The Balaban J connectivity index is 1.43. The number of sulfonamides is 1. The second-order valence-corrected chi connectivity index (χ2v) is 11.3. The van der Waals surface area contributed by atoms with E-state index in [0.29, 0.717) is 29.3 Å². The van der Waals surface area contributed by atoms with Crippen LogP contribution in [0.5, 0.6) is 0 Å². The largest absolute Gasteiger partial charge is 0.336 e. The van der Waals surface area contributed by atoms with Gasteiger partial charge in [-0.1, -0.05) is 18.2 Å². The van der Waals surface area contributed by atoms with Crippen molar-refractivity contribution in [3.8, 4) is 0 Å². The van der Waals surface area contributed by atoms with Crippen molar-refractivity contribution >= 4 is 26.7 Å². The molecule has 0 bridgehead atoms. The number of nitrogens with zero attached hydrogens (tertiary/aromatic N) is 2. The molecule has 1 aliphatic heterocycles. The van der Waals surface area contributed by atoms with Crippen LogP contribution in [0.25, 0.3) is 0 Å². The van der Waals surface area contributed by atoms with E-state index in [-0.39, 0.29) is 19.0 Å². The predicted molar refractivity (Wildman–Crippen MR) is 117 cm³/mol. The summed E-state index contributed by atoms with van der Waals surface area (Å²) in [4.78, 5) is 14.9. The number of hydrogen-bond acceptors (Lipinski definition) is 4. The van der Waals surface area contributed by atoms with Crippen LogP contribution in [0.3, 0.4) is 0 Å². The van der Waals surface area contributed by atoms with E-state index in [1.165, 1.54) is 9.87 Å². The quantitative estimate of drug-likeness (QED) is 0.706. The second-order valence-electron chi connectivity index (χ2n) is 7.90. The first kappa shape index (κ1) is 21.2. The molecule has 0 radical (unpaired) electrons. The molecule has 1 unspecified atom stereocenters. The zero-order chi connectivity index (χ0) is 21.3. The van der Waals surface area contributed by atoms with Crippen molar-refractivity contribution in [1.29, 1.82) is 0 Å². The van der Waals surface area contributed by atoms with Crippen molar-refractivity contribution in [2.75, 3.05) is 32.4 Å². The van der Waals surface area contributed by atoms with Crippen LogP contribution in [0.1, 0.15) is 33.5 Å². The fraction of sp³-hybridized carbons (Fsp3) is 0.409. The maximum Gasteiger partial charge on any atom is 0.253 e. The lowest BCUT2D eigenvalue weighted by Crippen LogP contribution is -2.50. The maximum absolute atomic E-state index is 13.1. The van der Waals surface area contributed by atoms with Crippen molar-refractivity contribution < 1.29 is 17.4 Å². The molecular formula is C22H26N2O4S2. The highest BCUT2D eigenvalue weighted by atomic mass is 32.2. The number of hydrogen-bond donors (Lipinski definition) is 0. The van der Waals surface area contributed by atoms with Crippen LogP contribution in [-0.4, -0.2) is 60.2 Å². The number of carbonyl (C=O) groups excluding carboxylic acids is 1. The Hall–Kier alpha value is -2.03. The summed E-state index contributed by atoms with van der Waals surface area (Å²) in [5.74, 6) is 0.293. The first-order valence-corrected chi connectivity index (χ1v) is 13.3. The Morgan fingerprint density at radius 1 is 1.00 bits per heavy atom. The van der Waals surface area contributed by atoms with E-state index in [0.717, 1.165) is 30.4 Å². The van der Waals surface area contributed by atoms with Crippen molar-refractivity contribution in [2.45, 2.75) is 29.9 Å². The number of benzene rings is 2. The molecule has 8 heteroatoms. The van der Waals surface area contributed by atoms with E-state index in [1.807, 2.05) is 18.2 Å². The Morgan fingerprint density at radius 2 is 1.73 bits per heavy atom. The van der Waals surface area contributed by atoms with Gasteiger partial charge in [0.05, 0.1) is 4.90 Å². The highest BCUT2D eigenvalue weighted by Gasteiger charge is 2.31. The van der Waals surface area contributed by atoms with Gasteiger partial charge < -0.3 is 4.90 Å². The molecule has 1 saturated heterocycles. The lowest BCUT2D eigenvalue weighted by molar-refractivity contribution is 0.0698. The third kappa shape index (κ3) is 4.36. The molecule has 30 heavy (non-hydrogen) atoms. The fourth-order valence-corrected chi connectivity index (χ4v) is 6.32. The van der Waals surface area contributed by atoms with E-state index in [2.05, 4.69) is 0 Å². The van der Waals surface area contributed by atoms with E-state index < -0.39 is 20.8 Å². The van der Waals surface area contributed by atoms with Crippen LogP contribution in [-0.2, 0) is 39.4 Å². The molecule has 6 nitrogen and oxygen atoms in total. The van der Waals surface area contributed by atoms with Gasteiger partial charge in [-0.05, 0) is 60.2 Å². The minimum atomic E-state index is -3.56. The molecule has 2 aromatic carbocycles. The van der Waals surface area contributed by atoms with Gasteiger partial charge in [-0.3, -0.25) is 9.00 Å². The van der Waals surface area contributed by atoms with Crippen LogP contribution < -0.4 is 0 Å². The van der Waals surface area contributed by atoms with Gasteiger partial charge in [0.2, 0.25) is 10.0 Å². The molecule has 160 valence electrons. The maximum atomic E-state index is 13.1. The average molecular weight is 447 g/mol. The summed E-state index contributed by atoms with van der Waals surface area (Å²) in [6.45, 7) is 1.27. The zero-order valence-electron chi connectivity index (χ0n) is 17.0. The Bertz CT molecular complexity index is 1090. The number of carbonyl (C=O) groups is 1. The van der Waals surface area contributed by atoms with Gasteiger partial charge in [0.15, 0.2) is 0 Å². The van der Waals surface area contributed by atoms with Gasteiger partial charge in [-0.2, -0.15) is 4.31 Å². The monoisotopic (exact) mass is 446 g/mol. The molecule has 1 fully saturated rings. The molecule has 4 rings (SSSR count). The normalized spacial score (nSPS) is 18.2. The smallest absolute Gasteiger partial charge is 0.253 e. The Kier molecular flexibility index (Phi) is 6.09. The molecule has 1 amide bonds. The SMILES string of the molecule is CS(=O)Cc1cccc(C(=O)N2CCN(S(=O)(=O)c3ccc4c(c3)CCC4)CC2)c1. The van der Waals surface area contributed by atoms with E-state index in [1.54, 1.807) is 35.4 Å². The summed E-state index contributed by atoms with van der Waals surface area (Å²) in [5, 5.41) is 0. The van der Waals surface area contributed by atoms with Gasteiger partial charge >= 0.3 is 0 Å². The topological polar surface area (TPSA) is 74.8 Å². The molecule has 1 heterocycles. The molecule has 0 saturated carbocycles. The summed E-state index contributed by atoms with van der Waals surface area (Å²) >= 11 is 0. The minimum Gasteiger partial charge on any atom is -0.336 e. The van der Waals surface area contributed by atoms with Gasteiger partial charge in [0, 0.05) is 54.6 Å². The molecule has 2 aromatic rings. The van der Waals surface area contributed by atoms with Gasteiger partial charge in [-0.25, -0.2) is 8.42 Å². The van der Waals surface area contributed by atoms with E-state index in [9.17, 15) is 17.4 Å². The number of rotatable bonds is 5. The number of fused-ring (bicyclic) bond motifs is 1. The van der Waals surface area contributed by atoms with Crippen molar-refractivity contribution in [3.63, 3.8) is 0 Å². The van der Waals surface area contributed by atoms with Crippen molar-refractivity contribution in [3.05, 3.63) is 64.7 Å². The highest BCUT2D eigenvalue weighted by Crippen LogP contribution is 2.27. The van der Waals surface area contributed by atoms with Gasteiger partial charge in [-0.15, -0.1) is 0 Å². The molecule has 2 aliphatic rings. The molecule has 1 atom stereocenters. The van der Waals surface area contributed by atoms with Crippen LogP contribution in [0.4, 0.5) is 0 Å². The number of piperazine rings is 1. The predicted octanol–water partition coefficient (Wildman–Crippen LogP) is 2.20. The Morgan fingerprint density at radius 3 is 2.47 bits per heavy atom. The van der Waals surface area contributed by atoms with Gasteiger partial charge in [0.25, 0.3) is 5.91 Å². The fourth-order valence-electron chi connectivity index (χ4n) is 4.20. The standard InChI is InChI=1S/C22H26N2O4S2/c1-29(26)16-17-4-2-7-20(14-17)22(25)23-10-12-24(13-11-23)30(27,28)21-9-8-18-5-3-6-19(18)15-21/h2,4,7-9,14-15H,3,5-6,10-13,16H2,1H3. The first-order valence-electron chi connectivity index (χ1n) is 10.1. The molecular weight excluding hydrogens is 420 g/mol. The number of aryl methyl sites for hydroxylation is 2. The number of amides is 1. The Labute approximate surface area is 180 Å². The molecule has 0 N–H and O–H groups in total. The summed E-state index contributed by atoms with van der Waals surface area (Å²) in [6, 6.07) is 12.6. The lowest BCUT2D eigenvalue weighted by Gasteiger charge is -2.34. The zero-order valence-corrected chi connectivity index (χ0v) is 18.7. The average Bonchev–Trinajstić information content (AvgIpc) is 3.21. The minimum absolute atomic E-state index is 0.117. The summed E-state index contributed by atoms with van der Waals surface area (Å²) in [6.07, 6.45) is 4.67. The summed E-state index contributed by atoms with van der Waals surface area (Å²) in [5.41, 5.74) is 3.80. The molecule has 1 aliphatic carbocycles. The van der Waals surface area contributed by atoms with E-state index >= 15 is 0 Å². The van der Waals surface area contributed by atoms with Crippen LogP contribution in [0.2, 0.25) is 0 Å². The van der Waals surface area contributed by atoms with Crippen molar-refractivity contribution in [1.82, 2.24) is 9.21 Å². The first-order chi connectivity index (χ1) is 14.3. The summed E-state index contributed by atoms with van der Waals surface area (Å²) < 4.78 is 39.1. The summed E-state index contributed by atoms with van der Waals surface area (Å²) in [7, 11) is -4.53. The third-order valence-electron chi connectivity index (χ3n) is 5.78. The van der Waals surface area contributed by atoms with Gasteiger partial charge in [0.1, 0.15) is 0 Å². The molecule has 0 spiro atoms. The second kappa shape index (κ2) is 8.61.